The maximum atomic E-state index is 12.6. The molecule has 1 N–H and O–H groups in total. The van der Waals surface area contributed by atoms with Crippen LogP contribution < -0.4 is 0 Å². The number of carboxylic acids is 1. The molecule has 0 unspecified atom stereocenters. The molecule has 0 saturated carbocycles. The summed E-state index contributed by atoms with van der Waals surface area (Å²) in [4.78, 5) is 11.2. The molecule has 5 heteroatoms. The smallest absolute Gasteiger partial charge is 0.307 e. The second kappa shape index (κ2) is 5.42. The summed E-state index contributed by atoms with van der Waals surface area (Å²) >= 11 is 0. The van der Waals surface area contributed by atoms with Gasteiger partial charge in [-0.3, -0.25) is 4.79 Å². The van der Waals surface area contributed by atoms with Gasteiger partial charge in [-0.1, -0.05) is 48.5 Å². The average Bonchev–Trinajstić information content (AvgIpc) is 2.57. The van der Waals surface area contributed by atoms with Gasteiger partial charge in [0.1, 0.15) is 0 Å². The Hall–Kier alpha value is -2.40. The molecule has 0 amide bonds. The van der Waals surface area contributed by atoms with Gasteiger partial charge in [-0.25, -0.2) is 8.42 Å². The molecule has 4 nitrogen and oxygen atoms in total. The van der Waals surface area contributed by atoms with Crippen molar-refractivity contribution < 1.29 is 18.3 Å². The number of hydrogen-bond acceptors (Lipinski definition) is 3. The normalized spacial score (nSPS) is 17.4. The first-order chi connectivity index (χ1) is 10.5. The molecule has 0 bridgehead atoms. The summed E-state index contributed by atoms with van der Waals surface area (Å²) in [5.41, 5.74) is 2.69. The van der Waals surface area contributed by atoms with Crippen molar-refractivity contribution in [2.24, 2.45) is 0 Å². The Kier molecular flexibility index (Phi) is 3.58. The van der Waals surface area contributed by atoms with Gasteiger partial charge >= 0.3 is 5.97 Å². The average molecular weight is 314 g/mol. The van der Waals surface area contributed by atoms with Crippen molar-refractivity contribution in [1.29, 1.82) is 0 Å². The van der Waals surface area contributed by atoms with E-state index >= 15 is 0 Å². The Morgan fingerprint density at radius 3 is 2.41 bits per heavy atom. The topological polar surface area (TPSA) is 71.4 Å². The molecule has 0 radical (unpaired) electrons. The maximum Gasteiger partial charge on any atom is 0.307 e. The predicted octanol–water partition coefficient (Wildman–Crippen LogP) is 2.88. The summed E-state index contributed by atoms with van der Waals surface area (Å²) in [5, 5.41) is 8.95. The minimum Gasteiger partial charge on any atom is -0.481 e. The lowest BCUT2D eigenvalue weighted by molar-refractivity contribution is -0.135. The number of carbonyl (C=O) groups is 1. The SMILES string of the molecule is O=C(O)C/C=C1\c2ccccc2CS(=O)(=O)c2ccccc21. The summed E-state index contributed by atoms with van der Waals surface area (Å²) in [5.74, 6) is -1.03. The first-order valence-electron chi connectivity index (χ1n) is 6.81. The van der Waals surface area contributed by atoms with Crippen LogP contribution in [0.1, 0.15) is 23.1 Å². The van der Waals surface area contributed by atoms with E-state index in [1.807, 2.05) is 12.1 Å². The van der Waals surface area contributed by atoms with Crippen LogP contribution in [0.2, 0.25) is 0 Å². The zero-order valence-corrected chi connectivity index (χ0v) is 12.5. The number of hydrogen-bond donors (Lipinski definition) is 1. The van der Waals surface area contributed by atoms with Gasteiger partial charge in [0, 0.05) is 5.56 Å². The number of fused-ring (bicyclic) bond motifs is 2. The van der Waals surface area contributed by atoms with E-state index in [0.29, 0.717) is 16.7 Å². The molecule has 1 heterocycles. The number of aliphatic carboxylic acids is 1. The van der Waals surface area contributed by atoms with Crippen molar-refractivity contribution in [2.75, 3.05) is 0 Å². The minimum absolute atomic E-state index is 0.0788. The van der Waals surface area contributed by atoms with Crippen LogP contribution in [-0.4, -0.2) is 19.5 Å². The van der Waals surface area contributed by atoms with Gasteiger partial charge in [0.25, 0.3) is 0 Å². The Bertz CT molecular complexity index is 879. The summed E-state index contributed by atoms with van der Waals surface area (Å²) in [6.45, 7) is 0. The molecule has 112 valence electrons. The van der Waals surface area contributed by atoms with Crippen molar-refractivity contribution in [3.8, 4) is 0 Å². The highest BCUT2D eigenvalue weighted by Gasteiger charge is 2.27. The van der Waals surface area contributed by atoms with E-state index < -0.39 is 15.8 Å². The maximum absolute atomic E-state index is 12.6. The standard InChI is InChI=1S/C17H14O4S/c18-17(19)10-9-14-13-6-2-1-5-12(13)11-22(20,21)16-8-4-3-7-15(14)16/h1-9H,10-11H2,(H,18,19)/b14-9+. The van der Waals surface area contributed by atoms with E-state index in [-0.39, 0.29) is 17.1 Å². The second-order valence-corrected chi connectivity index (χ2v) is 7.09. The van der Waals surface area contributed by atoms with Crippen LogP contribution in [0.5, 0.6) is 0 Å². The Labute approximate surface area is 128 Å². The van der Waals surface area contributed by atoms with Gasteiger partial charge in [-0.15, -0.1) is 0 Å². The molecule has 1 aliphatic rings. The molecule has 0 aliphatic carbocycles. The minimum atomic E-state index is -3.45. The van der Waals surface area contributed by atoms with E-state index in [4.69, 9.17) is 5.11 Å². The number of carboxylic acid groups (broad SMARTS) is 1. The van der Waals surface area contributed by atoms with Crippen molar-refractivity contribution >= 4 is 21.4 Å². The van der Waals surface area contributed by atoms with Gasteiger partial charge in [-0.2, -0.15) is 0 Å². The van der Waals surface area contributed by atoms with Crippen LogP contribution in [0, 0.1) is 0 Å². The third kappa shape index (κ3) is 2.55. The molecule has 0 aromatic heterocycles. The summed E-state index contributed by atoms with van der Waals surface area (Å²) in [7, 11) is -3.45. The first-order valence-corrected chi connectivity index (χ1v) is 8.46. The molecule has 22 heavy (non-hydrogen) atoms. The van der Waals surface area contributed by atoms with E-state index in [0.717, 1.165) is 5.56 Å². The van der Waals surface area contributed by atoms with Gasteiger partial charge in [0.2, 0.25) is 0 Å². The quantitative estimate of drug-likeness (QED) is 0.925. The zero-order chi connectivity index (χ0) is 15.7. The fraction of sp³-hybridized carbons (Fsp3) is 0.118. The highest BCUT2D eigenvalue weighted by atomic mass is 32.2. The molecule has 2 aromatic carbocycles. The fourth-order valence-electron chi connectivity index (χ4n) is 2.71. The monoisotopic (exact) mass is 314 g/mol. The van der Waals surface area contributed by atoms with E-state index in [2.05, 4.69) is 0 Å². The zero-order valence-electron chi connectivity index (χ0n) is 11.7. The molecule has 1 aliphatic heterocycles. The number of benzene rings is 2. The molecular weight excluding hydrogens is 300 g/mol. The first kappa shape index (κ1) is 14.5. The van der Waals surface area contributed by atoms with Gasteiger partial charge < -0.3 is 5.11 Å². The Morgan fingerprint density at radius 1 is 1.05 bits per heavy atom. The molecule has 0 saturated heterocycles. The second-order valence-electron chi connectivity index (χ2n) is 5.13. The van der Waals surface area contributed by atoms with E-state index in [1.165, 1.54) is 0 Å². The van der Waals surface area contributed by atoms with Gasteiger partial charge in [0.05, 0.1) is 17.1 Å². The van der Waals surface area contributed by atoms with Crippen LogP contribution in [-0.2, 0) is 20.4 Å². The third-order valence-electron chi connectivity index (χ3n) is 3.65. The largest absolute Gasteiger partial charge is 0.481 e. The number of rotatable bonds is 2. The van der Waals surface area contributed by atoms with E-state index in [9.17, 15) is 13.2 Å². The predicted molar refractivity (Wildman–Crippen MR) is 83.1 cm³/mol. The van der Waals surface area contributed by atoms with E-state index in [1.54, 1.807) is 42.5 Å². The van der Waals surface area contributed by atoms with Crippen LogP contribution >= 0.6 is 0 Å². The van der Waals surface area contributed by atoms with Crippen molar-refractivity contribution in [3.05, 3.63) is 71.3 Å². The summed E-state index contributed by atoms with van der Waals surface area (Å²) in [6, 6.07) is 14.0. The molecule has 0 fully saturated rings. The summed E-state index contributed by atoms with van der Waals surface area (Å²) < 4.78 is 25.2. The highest BCUT2D eigenvalue weighted by Crippen LogP contribution is 2.36. The van der Waals surface area contributed by atoms with Crippen LogP contribution in [0.25, 0.3) is 5.57 Å². The summed E-state index contributed by atoms with van der Waals surface area (Å²) in [6.07, 6.45) is 1.43. The molecule has 2 aromatic rings. The van der Waals surface area contributed by atoms with Gasteiger partial charge in [0.15, 0.2) is 9.84 Å². The molecule has 3 rings (SSSR count). The van der Waals surface area contributed by atoms with Crippen molar-refractivity contribution in [3.63, 3.8) is 0 Å². The lowest BCUT2D eigenvalue weighted by atomic mass is 9.93. The number of sulfone groups is 1. The van der Waals surface area contributed by atoms with Crippen molar-refractivity contribution in [2.45, 2.75) is 17.1 Å². The lowest BCUT2D eigenvalue weighted by Gasteiger charge is -2.10. The van der Waals surface area contributed by atoms with Crippen LogP contribution in [0.4, 0.5) is 0 Å². The fourth-order valence-corrected chi connectivity index (χ4v) is 4.32. The lowest BCUT2D eigenvalue weighted by Crippen LogP contribution is -2.04. The van der Waals surface area contributed by atoms with Crippen LogP contribution in [0.15, 0.2) is 59.5 Å². The molecule has 0 spiro atoms. The Balaban J connectivity index is 2.34. The Morgan fingerprint density at radius 2 is 1.68 bits per heavy atom. The molecular formula is C17H14O4S. The molecule has 0 atom stereocenters. The van der Waals surface area contributed by atoms with Gasteiger partial charge in [-0.05, 0) is 22.8 Å². The van der Waals surface area contributed by atoms with Crippen molar-refractivity contribution in [1.82, 2.24) is 0 Å². The highest BCUT2D eigenvalue weighted by molar-refractivity contribution is 7.90. The third-order valence-corrected chi connectivity index (χ3v) is 5.36. The van der Waals surface area contributed by atoms with Crippen LogP contribution in [0.3, 0.4) is 0 Å².